The molecule has 3 aromatic carbocycles. The first-order valence-electron chi connectivity index (χ1n) is 8.26. The molecular formula is C22H17N3. The summed E-state index contributed by atoms with van der Waals surface area (Å²) in [5.41, 5.74) is 6.26. The van der Waals surface area contributed by atoms with E-state index >= 15 is 0 Å². The normalized spacial score (nSPS) is 10.7. The number of imidazole rings is 1. The van der Waals surface area contributed by atoms with Gasteiger partial charge in [0.05, 0.1) is 22.7 Å². The van der Waals surface area contributed by atoms with Crippen LogP contribution < -0.4 is 0 Å². The van der Waals surface area contributed by atoms with Crippen LogP contribution in [0.1, 0.15) is 16.7 Å². The first kappa shape index (κ1) is 15.2. The van der Waals surface area contributed by atoms with Gasteiger partial charge in [0.15, 0.2) is 0 Å². The average Bonchev–Trinajstić information content (AvgIpc) is 3.02. The molecule has 0 bridgehead atoms. The van der Waals surface area contributed by atoms with Crippen LogP contribution in [0.4, 0.5) is 0 Å². The van der Waals surface area contributed by atoms with Gasteiger partial charge < -0.3 is 4.57 Å². The molecule has 0 fully saturated rings. The van der Waals surface area contributed by atoms with Crippen LogP contribution in [-0.4, -0.2) is 9.55 Å². The second-order valence-electron chi connectivity index (χ2n) is 6.19. The summed E-state index contributed by atoms with van der Waals surface area (Å²) in [5.74, 6) is 0.922. The summed E-state index contributed by atoms with van der Waals surface area (Å²) in [5, 5.41) is 9.01. The number of para-hydroxylation sites is 2. The Hall–Kier alpha value is -3.38. The smallest absolute Gasteiger partial charge is 0.141 e. The summed E-state index contributed by atoms with van der Waals surface area (Å²) in [4.78, 5) is 4.83. The maximum absolute atomic E-state index is 9.01. The number of aryl methyl sites for hydroxylation is 1. The van der Waals surface area contributed by atoms with Gasteiger partial charge in [-0.05, 0) is 48.9 Å². The Bertz CT molecular complexity index is 1070. The van der Waals surface area contributed by atoms with Gasteiger partial charge in [0, 0.05) is 12.1 Å². The molecule has 1 aromatic heterocycles. The van der Waals surface area contributed by atoms with Gasteiger partial charge in [-0.1, -0.05) is 42.0 Å². The van der Waals surface area contributed by atoms with Gasteiger partial charge in [0.25, 0.3) is 0 Å². The molecule has 4 rings (SSSR count). The van der Waals surface area contributed by atoms with Crippen LogP contribution in [0.2, 0.25) is 0 Å². The fourth-order valence-corrected chi connectivity index (χ4v) is 3.03. The monoisotopic (exact) mass is 323 g/mol. The lowest BCUT2D eigenvalue weighted by Gasteiger charge is -2.10. The van der Waals surface area contributed by atoms with E-state index < -0.39 is 0 Å². The molecule has 25 heavy (non-hydrogen) atoms. The van der Waals surface area contributed by atoms with Crippen LogP contribution in [0, 0.1) is 18.3 Å². The van der Waals surface area contributed by atoms with Crippen molar-refractivity contribution in [1.82, 2.24) is 9.55 Å². The highest BCUT2D eigenvalue weighted by molar-refractivity contribution is 5.80. The van der Waals surface area contributed by atoms with Gasteiger partial charge in [0.2, 0.25) is 0 Å². The molecular weight excluding hydrogens is 306 g/mol. The summed E-state index contributed by atoms with van der Waals surface area (Å²) >= 11 is 0. The lowest BCUT2D eigenvalue weighted by atomic mass is 10.1. The fraction of sp³-hybridized carbons (Fsp3) is 0.0909. The molecule has 0 saturated heterocycles. The molecule has 0 spiro atoms. The standard InChI is InChI=1S/C22H17N3/c1-16-6-8-18(9-7-16)15-25-21-5-3-2-4-20(21)24-22(25)19-12-10-17(14-23)11-13-19/h2-13H,15H2,1H3. The lowest BCUT2D eigenvalue weighted by Crippen LogP contribution is -2.02. The number of fused-ring (bicyclic) bond motifs is 1. The Morgan fingerprint density at radius 1 is 0.920 bits per heavy atom. The van der Waals surface area contributed by atoms with Crippen molar-refractivity contribution in [3.05, 3.63) is 89.5 Å². The second-order valence-corrected chi connectivity index (χ2v) is 6.19. The fourth-order valence-electron chi connectivity index (χ4n) is 3.03. The molecule has 4 aromatic rings. The summed E-state index contributed by atoms with van der Waals surface area (Å²) < 4.78 is 2.24. The number of benzene rings is 3. The van der Waals surface area contributed by atoms with E-state index in [4.69, 9.17) is 10.2 Å². The number of hydrogen-bond donors (Lipinski definition) is 0. The zero-order valence-corrected chi connectivity index (χ0v) is 14.0. The molecule has 0 N–H and O–H groups in total. The van der Waals surface area contributed by atoms with Crippen LogP contribution in [0.5, 0.6) is 0 Å². The van der Waals surface area contributed by atoms with Crippen molar-refractivity contribution >= 4 is 11.0 Å². The van der Waals surface area contributed by atoms with Crippen molar-refractivity contribution in [1.29, 1.82) is 5.26 Å². The van der Waals surface area contributed by atoms with Crippen LogP contribution >= 0.6 is 0 Å². The Morgan fingerprint density at radius 2 is 1.64 bits per heavy atom. The van der Waals surface area contributed by atoms with E-state index in [9.17, 15) is 0 Å². The quantitative estimate of drug-likeness (QED) is 0.536. The first-order chi connectivity index (χ1) is 12.2. The molecule has 120 valence electrons. The molecule has 0 aliphatic heterocycles. The van der Waals surface area contributed by atoms with E-state index in [2.05, 4.69) is 47.9 Å². The summed E-state index contributed by atoms with van der Waals surface area (Å²) in [7, 11) is 0. The summed E-state index contributed by atoms with van der Waals surface area (Å²) in [6.45, 7) is 2.86. The SMILES string of the molecule is Cc1ccc(Cn2c(-c3ccc(C#N)cc3)nc3ccccc32)cc1. The van der Waals surface area contributed by atoms with E-state index in [1.807, 2.05) is 42.5 Å². The van der Waals surface area contributed by atoms with Crippen molar-refractivity contribution in [3.8, 4) is 17.5 Å². The predicted molar refractivity (Wildman–Crippen MR) is 100 cm³/mol. The minimum Gasteiger partial charge on any atom is -0.319 e. The third-order valence-electron chi connectivity index (χ3n) is 4.39. The van der Waals surface area contributed by atoms with Crippen LogP contribution in [0.25, 0.3) is 22.4 Å². The molecule has 0 atom stereocenters. The third-order valence-corrected chi connectivity index (χ3v) is 4.39. The molecule has 0 unspecified atom stereocenters. The highest BCUT2D eigenvalue weighted by Crippen LogP contribution is 2.26. The van der Waals surface area contributed by atoms with Crippen LogP contribution in [0.3, 0.4) is 0 Å². The van der Waals surface area contributed by atoms with Gasteiger partial charge in [0.1, 0.15) is 5.82 Å². The Labute approximate surface area is 146 Å². The first-order valence-corrected chi connectivity index (χ1v) is 8.26. The molecule has 3 heteroatoms. The van der Waals surface area contributed by atoms with Crippen molar-refractivity contribution in [3.63, 3.8) is 0 Å². The van der Waals surface area contributed by atoms with E-state index in [0.717, 1.165) is 29.0 Å². The van der Waals surface area contributed by atoms with Gasteiger partial charge in [-0.15, -0.1) is 0 Å². The molecule has 1 heterocycles. The minimum atomic E-state index is 0.657. The maximum atomic E-state index is 9.01. The lowest BCUT2D eigenvalue weighted by molar-refractivity contribution is 0.834. The molecule has 0 radical (unpaired) electrons. The number of hydrogen-bond acceptors (Lipinski definition) is 2. The van der Waals surface area contributed by atoms with Crippen LogP contribution in [0.15, 0.2) is 72.8 Å². The van der Waals surface area contributed by atoms with Crippen LogP contribution in [-0.2, 0) is 6.54 Å². The molecule has 3 nitrogen and oxygen atoms in total. The summed E-state index contributed by atoms with van der Waals surface area (Å²) in [6, 6.07) is 26.5. The Kier molecular flexibility index (Phi) is 3.80. The van der Waals surface area contributed by atoms with E-state index in [-0.39, 0.29) is 0 Å². The molecule has 0 aliphatic carbocycles. The van der Waals surface area contributed by atoms with Crippen molar-refractivity contribution in [2.75, 3.05) is 0 Å². The van der Waals surface area contributed by atoms with Gasteiger partial charge >= 0.3 is 0 Å². The number of nitriles is 1. The number of rotatable bonds is 3. The van der Waals surface area contributed by atoms with Gasteiger partial charge in [-0.3, -0.25) is 0 Å². The maximum Gasteiger partial charge on any atom is 0.141 e. The van der Waals surface area contributed by atoms with Crippen molar-refractivity contribution in [2.45, 2.75) is 13.5 Å². The zero-order chi connectivity index (χ0) is 17.2. The minimum absolute atomic E-state index is 0.657. The number of nitrogens with zero attached hydrogens (tertiary/aromatic N) is 3. The van der Waals surface area contributed by atoms with Gasteiger partial charge in [-0.25, -0.2) is 4.98 Å². The van der Waals surface area contributed by atoms with Gasteiger partial charge in [-0.2, -0.15) is 5.26 Å². The van der Waals surface area contributed by atoms with E-state index in [1.54, 1.807) is 0 Å². The number of aromatic nitrogens is 2. The largest absolute Gasteiger partial charge is 0.319 e. The molecule has 0 amide bonds. The average molecular weight is 323 g/mol. The van der Waals surface area contributed by atoms with Crippen molar-refractivity contribution in [2.24, 2.45) is 0 Å². The summed E-state index contributed by atoms with van der Waals surface area (Å²) in [6.07, 6.45) is 0. The topological polar surface area (TPSA) is 41.6 Å². The Balaban J connectivity index is 1.85. The predicted octanol–water partition coefficient (Wildman–Crippen LogP) is 4.93. The van der Waals surface area contributed by atoms with Crippen molar-refractivity contribution < 1.29 is 0 Å². The highest BCUT2D eigenvalue weighted by atomic mass is 15.1. The van der Waals surface area contributed by atoms with E-state index in [1.165, 1.54) is 11.1 Å². The molecule has 0 saturated carbocycles. The Morgan fingerprint density at radius 3 is 2.36 bits per heavy atom. The second kappa shape index (κ2) is 6.26. The third kappa shape index (κ3) is 2.90. The zero-order valence-electron chi connectivity index (χ0n) is 14.0. The molecule has 0 aliphatic rings. The highest BCUT2D eigenvalue weighted by Gasteiger charge is 2.12. The van der Waals surface area contributed by atoms with E-state index in [0.29, 0.717) is 5.56 Å².